The lowest BCUT2D eigenvalue weighted by Gasteiger charge is -2.12. The third-order valence-corrected chi connectivity index (χ3v) is 3.15. The Labute approximate surface area is 101 Å². The summed E-state index contributed by atoms with van der Waals surface area (Å²) in [5.41, 5.74) is 7.79. The van der Waals surface area contributed by atoms with Gasteiger partial charge in [-0.15, -0.1) is 5.10 Å². The highest BCUT2D eigenvalue weighted by molar-refractivity contribution is 5.98. The predicted octanol–water partition coefficient (Wildman–Crippen LogP) is 1.56. The zero-order valence-electron chi connectivity index (χ0n) is 10.3. The minimum absolute atomic E-state index is 0.0121. The maximum atomic E-state index is 7.58. The second kappa shape index (κ2) is 4.69. The molecule has 5 heteroatoms. The fraction of sp³-hybridized carbons (Fsp3) is 0.583. The number of nitrogens with two attached hydrogens (primary N) is 1. The standard InChI is InChI=1S/C12H18N4O/c1-7-8(2)15-16-12(10(7)11(13)14)17-6-5-9-3-4-9/h9H,3-6H2,1-2H3,(H3,13,14). The van der Waals surface area contributed by atoms with Crippen molar-refractivity contribution in [2.45, 2.75) is 33.1 Å². The van der Waals surface area contributed by atoms with Crippen LogP contribution in [-0.2, 0) is 0 Å². The molecule has 1 heterocycles. The number of nitrogens with zero attached hydrogens (tertiary/aromatic N) is 2. The number of amidine groups is 1. The number of aromatic nitrogens is 2. The summed E-state index contributed by atoms with van der Waals surface area (Å²) in [7, 11) is 0. The third kappa shape index (κ3) is 2.72. The van der Waals surface area contributed by atoms with Crippen LogP contribution < -0.4 is 10.5 Å². The first-order valence-corrected chi connectivity index (χ1v) is 5.90. The Morgan fingerprint density at radius 1 is 1.41 bits per heavy atom. The molecule has 0 bridgehead atoms. The van der Waals surface area contributed by atoms with E-state index < -0.39 is 0 Å². The molecule has 0 radical (unpaired) electrons. The van der Waals surface area contributed by atoms with E-state index in [1.54, 1.807) is 0 Å². The number of hydrogen-bond acceptors (Lipinski definition) is 4. The van der Waals surface area contributed by atoms with Gasteiger partial charge in [0.25, 0.3) is 0 Å². The van der Waals surface area contributed by atoms with E-state index >= 15 is 0 Å². The van der Waals surface area contributed by atoms with Crippen molar-refractivity contribution >= 4 is 5.84 Å². The average Bonchev–Trinajstić information content (AvgIpc) is 3.07. The normalized spacial score (nSPS) is 14.7. The second-order valence-corrected chi connectivity index (χ2v) is 4.58. The van der Waals surface area contributed by atoms with Gasteiger partial charge >= 0.3 is 0 Å². The Balaban J connectivity index is 2.13. The van der Waals surface area contributed by atoms with E-state index in [9.17, 15) is 0 Å². The van der Waals surface area contributed by atoms with Gasteiger partial charge in [0.05, 0.1) is 17.9 Å². The molecule has 0 aliphatic heterocycles. The van der Waals surface area contributed by atoms with E-state index in [1.807, 2.05) is 13.8 Å². The highest BCUT2D eigenvalue weighted by atomic mass is 16.5. The molecule has 0 saturated heterocycles. The first-order valence-electron chi connectivity index (χ1n) is 5.90. The van der Waals surface area contributed by atoms with Gasteiger partial charge in [0.2, 0.25) is 5.88 Å². The van der Waals surface area contributed by atoms with Gasteiger partial charge in [-0.05, 0) is 31.7 Å². The van der Waals surface area contributed by atoms with Crippen molar-refractivity contribution in [1.82, 2.24) is 10.2 Å². The summed E-state index contributed by atoms with van der Waals surface area (Å²) in [4.78, 5) is 0. The largest absolute Gasteiger partial charge is 0.476 e. The summed E-state index contributed by atoms with van der Waals surface area (Å²) in [5, 5.41) is 15.6. The lowest BCUT2D eigenvalue weighted by atomic mass is 10.1. The molecule has 5 nitrogen and oxygen atoms in total. The van der Waals surface area contributed by atoms with Crippen molar-refractivity contribution in [2.24, 2.45) is 11.7 Å². The molecule has 0 unspecified atom stereocenters. The number of nitrogen functional groups attached to an aromatic ring is 1. The van der Waals surface area contributed by atoms with Gasteiger partial charge in [0.1, 0.15) is 5.84 Å². The lowest BCUT2D eigenvalue weighted by Crippen LogP contribution is -2.18. The van der Waals surface area contributed by atoms with Crippen LogP contribution in [0.1, 0.15) is 36.1 Å². The van der Waals surface area contributed by atoms with Crippen LogP contribution in [0.3, 0.4) is 0 Å². The van der Waals surface area contributed by atoms with Gasteiger partial charge in [0, 0.05) is 0 Å². The van der Waals surface area contributed by atoms with Crippen molar-refractivity contribution in [1.29, 1.82) is 5.41 Å². The van der Waals surface area contributed by atoms with Gasteiger partial charge in [-0.25, -0.2) is 0 Å². The van der Waals surface area contributed by atoms with Crippen LogP contribution in [0.5, 0.6) is 5.88 Å². The molecule has 0 amide bonds. The van der Waals surface area contributed by atoms with Crippen LogP contribution in [0.15, 0.2) is 0 Å². The molecule has 0 spiro atoms. The van der Waals surface area contributed by atoms with Crippen molar-refractivity contribution in [3.05, 3.63) is 16.8 Å². The fourth-order valence-corrected chi connectivity index (χ4v) is 1.73. The maximum absolute atomic E-state index is 7.58. The Kier molecular flexibility index (Phi) is 3.26. The number of rotatable bonds is 5. The summed E-state index contributed by atoms with van der Waals surface area (Å²) in [6.45, 7) is 4.36. The Morgan fingerprint density at radius 3 is 2.71 bits per heavy atom. The van der Waals surface area contributed by atoms with Crippen molar-refractivity contribution in [3.63, 3.8) is 0 Å². The quantitative estimate of drug-likeness (QED) is 0.598. The molecule has 0 aromatic carbocycles. The van der Waals surface area contributed by atoms with Gasteiger partial charge in [-0.1, -0.05) is 12.8 Å². The van der Waals surface area contributed by atoms with E-state index in [-0.39, 0.29) is 5.84 Å². The molecule has 3 N–H and O–H groups in total. The third-order valence-electron chi connectivity index (χ3n) is 3.15. The van der Waals surface area contributed by atoms with E-state index in [0.29, 0.717) is 18.1 Å². The number of ether oxygens (including phenoxy) is 1. The molecule has 0 atom stereocenters. The summed E-state index contributed by atoms with van der Waals surface area (Å²) in [5.74, 6) is 1.19. The number of nitrogens with one attached hydrogen (secondary N) is 1. The van der Waals surface area contributed by atoms with Crippen LogP contribution in [0.25, 0.3) is 0 Å². The van der Waals surface area contributed by atoms with E-state index in [4.69, 9.17) is 15.9 Å². The molecule has 17 heavy (non-hydrogen) atoms. The Hall–Kier alpha value is -1.65. The lowest BCUT2D eigenvalue weighted by molar-refractivity contribution is 0.287. The molecule has 1 fully saturated rings. The molecule has 1 aliphatic carbocycles. The summed E-state index contributed by atoms with van der Waals surface area (Å²) in [6.07, 6.45) is 3.66. The van der Waals surface area contributed by atoms with Crippen LogP contribution >= 0.6 is 0 Å². The first-order chi connectivity index (χ1) is 8.09. The van der Waals surface area contributed by atoms with Crippen LogP contribution in [0, 0.1) is 25.2 Å². The number of hydrogen-bond donors (Lipinski definition) is 2. The fourth-order valence-electron chi connectivity index (χ4n) is 1.73. The highest BCUT2D eigenvalue weighted by Crippen LogP contribution is 2.32. The summed E-state index contributed by atoms with van der Waals surface area (Å²) in [6, 6.07) is 0. The second-order valence-electron chi connectivity index (χ2n) is 4.58. The van der Waals surface area contributed by atoms with E-state index in [1.165, 1.54) is 12.8 Å². The van der Waals surface area contributed by atoms with Gasteiger partial charge in [0.15, 0.2) is 0 Å². The zero-order valence-corrected chi connectivity index (χ0v) is 10.3. The Bertz CT molecular complexity index is 440. The molecule has 2 rings (SSSR count). The smallest absolute Gasteiger partial charge is 0.244 e. The molecule has 1 aromatic heterocycles. The maximum Gasteiger partial charge on any atom is 0.244 e. The molecular formula is C12H18N4O. The predicted molar refractivity (Wildman–Crippen MR) is 65.4 cm³/mol. The minimum atomic E-state index is -0.0121. The van der Waals surface area contributed by atoms with Gasteiger partial charge in [-0.3, -0.25) is 5.41 Å². The van der Waals surface area contributed by atoms with Gasteiger partial charge < -0.3 is 10.5 Å². The number of aryl methyl sites for hydroxylation is 1. The monoisotopic (exact) mass is 234 g/mol. The van der Waals surface area contributed by atoms with Crippen LogP contribution in [-0.4, -0.2) is 22.6 Å². The van der Waals surface area contributed by atoms with Crippen LogP contribution in [0.4, 0.5) is 0 Å². The summed E-state index contributed by atoms with van der Waals surface area (Å²) >= 11 is 0. The minimum Gasteiger partial charge on any atom is -0.476 e. The van der Waals surface area contributed by atoms with Crippen molar-refractivity contribution < 1.29 is 4.74 Å². The Morgan fingerprint density at radius 2 is 2.12 bits per heavy atom. The van der Waals surface area contributed by atoms with Crippen molar-refractivity contribution in [2.75, 3.05) is 6.61 Å². The summed E-state index contributed by atoms with van der Waals surface area (Å²) < 4.78 is 5.59. The molecule has 92 valence electrons. The van der Waals surface area contributed by atoms with Gasteiger partial charge in [-0.2, -0.15) is 5.10 Å². The zero-order chi connectivity index (χ0) is 12.4. The molecular weight excluding hydrogens is 216 g/mol. The molecule has 1 aliphatic rings. The topological polar surface area (TPSA) is 84.9 Å². The molecule has 1 saturated carbocycles. The van der Waals surface area contributed by atoms with Crippen LogP contribution in [0.2, 0.25) is 0 Å². The van der Waals surface area contributed by atoms with E-state index in [0.717, 1.165) is 23.6 Å². The molecule has 1 aromatic rings. The van der Waals surface area contributed by atoms with Crippen molar-refractivity contribution in [3.8, 4) is 5.88 Å². The van der Waals surface area contributed by atoms with E-state index in [2.05, 4.69) is 10.2 Å². The first kappa shape index (κ1) is 11.8. The SMILES string of the molecule is Cc1nnc(OCCC2CC2)c(C(=N)N)c1C. The highest BCUT2D eigenvalue weighted by Gasteiger charge is 2.21. The average molecular weight is 234 g/mol.